The van der Waals surface area contributed by atoms with Gasteiger partial charge in [0.2, 0.25) is 0 Å². The van der Waals surface area contributed by atoms with Crippen molar-refractivity contribution in [1.82, 2.24) is 5.32 Å². The van der Waals surface area contributed by atoms with E-state index in [4.69, 9.17) is 5.11 Å². The summed E-state index contributed by atoms with van der Waals surface area (Å²) in [6.45, 7) is 2.50. The van der Waals surface area contributed by atoms with Gasteiger partial charge < -0.3 is 15.2 Å². The Morgan fingerprint density at radius 3 is 2.06 bits per heavy atom. The van der Waals surface area contributed by atoms with Gasteiger partial charge in [0.05, 0.1) is 0 Å². The predicted molar refractivity (Wildman–Crippen MR) is 71.1 cm³/mol. The fourth-order valence-electron chi connectivity index (χ4n) is 1.51. The van der Waals surface area contributed by atoms with E-state index in [0.717, 1.165) is 19.0 Å². The lowest BCUT2D eigenvalue weighted by Crippen LogP contribution is -2.21. The standard InChI is InChI=1S/C8H8O.C5H11N.CH4O/c9-7-6-8-4-2-1-3-5-8;1-2-4-6-5-3-1;1-2/h1-5,7H,6H2;6H,1-5H2;2H,1H3. The zero-order valence-corrected chi connectivity index (χ0v) is 10.6. The Hall–Kier alpha value is -1.19. The SMILES string of the molecule is C1CCNCC1.CO.O=CCc1ccccc1. The second kappa shape index (κ2) is 12.9. The number of carbonyl (C=O) groups is 1. The third kappa shape index (κ3) is 9.72. The van der Waals surface area contributed by atoms with Crippen molar-refractivity contribution in [1.29, 1.82) is 0 Å². The Bertz CT molecular complexity index is 247. The first-order chi connectivity index (χ1) is 8.43. The van der Waals surface area contributed by atoms with E-state index < -0.39 is 0 Å². The minimum atomic E-state index is 0.529. The van der Waals surface area contributed by atoms with Crippen LogP contribution in [0.1, 0.15) is 24.8 Å². The number of carbonyl (C=O) groups excluding carboxylic acids is 1. The lowest BCUT2D eigenvalue weighted by atomic mass is 10.2. The van der Waals surface area contributed by atoms with E-state index >= 15 is 0 Å². The van der Waals surface area contributed by atoms with Crippen LogP contribution in [0.4, 0.5) is 0 Å². The van der Waals surface area contributed by atoms with Gasteiger partial charge >= 0.3 is 0 Å². The van der Waals surface area contributed by atoms with Crippen molar-refractivity contribution in [2.45, 2.75) is 25.7 Å². The van der Waals surface area contributed by atoms with Gasteiger partial charge in [-0.05, 0) is 31.5 Å². The quantitative estimate of drug-likeness (QED) is 0.771. The van der Waals surface area contributed by atoms with E-state index in [0.29, 0.717) is 6.42 Å². The van der Waals surface area contributed by atoms with Gasteiger partial charge in [0.15, 0.2) is 0 Å². The number of benzene rings is 1. The van der Waals surface area contributed by atoms with Crippen LogP contribution in [0.25, 0.3) is 0 Å². The molecule has 0 aromatic heterocycles. The summed E-state index contributed by atoms with van der Waals surface area (Å²) in [5.41, 5.74) is 1.08. The van der Waals surface area contributed by atoms with E-state index in [1.54, 1.807) is 0 Å². The number of hydrogen-bond donors (Lipinski definition) is 2. The zero-order valence-electron chi connectivity index (χ0n) is 10.6. The Morgan fingerprint density at radius 2 is 1.71 bits per heavy atom. The van der Waals surface area contributed by atoms with Crippen LogP contribution in [0, 0.1) is 0 Å². The first-order valence-corrected chi connectivity index (χ1v) is 6.06. The molecule has 1 aliphatic heterocycles. The molecule has 3 heteroatoms. The van der Waals surface area contributed by atoms with Crippen molar-refractivity contribution in [3.63, 3.8) is 0 Å². The molecule has 1 aromatic rings. The molecule has 0 amide bonds. The molecule has 17 heavy (non-hydrogen) atoms. The molecular formula is C14H23NO2. The fraction of sp³-hybridized carbons (Fsp3) is 0.500. The molecule has 0 saturated carbocycles. The van der Waals surface area contributed by atoms with Gasteiger partial charge in [0, 0.05) is 13.5 Å². The van der Waals surface area contributed by atoms with Gasteiger partial charge in [0.25, 0.3) is 0 Å². The molecule has 0 aliphatic carbocycles. The fourth-order valence-corrected chi connectivity index (χ4v) is 1.51. The van der Waals surface area contributed by atoms with E-state index in [2.05, 4.69) is 5.32 Å². The summed E-state index contributed by atoms with van der Waals surface area (Å²) in [6.07, 6.45) is 5.66. The van der Waals surface area contributed by atoms with Crippen molar-refractivity contribution in [3.8, 4) is 0 Å². The summed E-state index contributed by atoms with van der Waals surface area (Å²) in [6, 6.07) is 9.68. The van der Waals surface area contributed by atoms with Crippen LogP contribution in [-0.4, -0.2) is 31.6 Å². The van der Waals surface area contributed by atoms with Crippen LogP contribution in [0.2, 0.25) is 0 Å². The van der Waals surface area contributed by atoms with Gasteiger partial charge in [-0.15, -0.1) is 0 Å². The van der Waals surface area contributed by atoms with Gasteiger partial charge in [0.1, 0.15) is 6.29 Å². The highest BCUT2D eigenvalue weighted by Crippen LogP contribution is 1.96. The minimum absolute atomic E-state index is 0.529. The summed E-state index contributed by atoms with van der Waals surface area (Å²) in [5.74, 6) is 0. The molecule has 0 bridgehead atoms. The largest absolute Gasteiger partial charge is 0.400 e. The molecule has 0 atom stereocenters. The second-order valence-electron chi connectivity index (χ2n) is 3.67. The van der Waals surface area contributed by atoms with Crippen LogP contribution in [0.5, 0.6) is 0 Å². The lowest BCUT2D eigenvalue weighted by Gasteiger charge is -2.08. The molecule has 0 radical (unpaired) electrons. The van der Waals surface area contributed by atoms with E-state index in [-0.39, 0.29) is 0 Å². The van der Waals surface area contributed by atoms with Crippen LogP contribution in [0.15, 0.2) is 30.3 Å². The number of aldehydes is 1. The molecular weight excluding hydrogens is 214 g/mol. The summed E-state index contributed by atoms with van der Waals surface area (Å²) in [7, 11) is 1.00. The molecule has 0 spiro atoms. The minimum Gasteiger partial charge on any atom is -0.400 e. The van der Waals surface area contributed by atoms with Crippen LogP contribution in [-0.2, 0) is 11.2 Å². The van der Waals surface area contributed by atoms with Crippen molar-refractivity contribution in [2.24, 2.45) is 0 Å². The highest BCUT2D eigenvalue weighted by Gasteiger charge is 1.93. The van der Waals surface area contributed by atoms with Crippen molar-refractivity contribution in [2.75, 3.05) is 20.2 Å². The number of piperidine rings is 1. The van der Waals surface area contributed by atoms with Crippen LogP contribution in [0.3, 0.4) is 0 Å². The van der Waals surface area contributed by atoms with Crippen molar-refractivity contribution < 1.29 is 9.90 Å². The summed E-state index contributed by atoms with van der Waals surface area (Å²) < 4.78 is 0. The maximum Gasteiger partial charge on any atom is 0.124 e. The first-order valence-electron chi connectivity index (χ1n) is 6.06. The van der Waals surface area contributed by atoms with Crippen molar-refractivity contribution >= 4 is 6.29 Å². The molecule has 2 rings (SSSR count). The maximum absolute atomic E-state index is 9.97. The highest BCUT2D eigenvalue weighted by molar-refractivity contribution is 5.54. The third-order valence-corrected chi connectivity index (χ3v) is 2.37. The zero-order chi connectivity index (χ0) is 12.8. The van der Waals surface area contributed by atoms with Gasteiger partial charge in [-0.3, -0.25) is 0 Å². The monoisotopic (exact) mass is 237 g/mol. The first kappa shape index (κ1) is 15.8. The third-order valence-electron chi connectivity index (χ3n) is 2.37. The molecule has 1 aliphatic rings. The average Bonchev–Trinajstić information content (AvgIpc) is 2.45. The summed E-state index contributed by atoms with van der Waals surface area (Å²) in [5, 5.41) is 10.3. The second-order valence-corrected chi connectivity index (χ2v) is 3.67. The molecule has 1 fully saturated rings. The molecule has 0 unspecified atom stereocenters. The van der Waals surface area contributed by atoms with Gasteiger partial charge in [-0.1, -0.05) is 36.8 Å². The maximum atomic E-state index is 9.97. The normalized spacial score (nSPS) is 13.5. The predicted octanol–water partition coefficient (Wildman–Crippen LogP) is 1.80. The molecule has 1 saturated heterocycles. The number of rotatable bonds is 2. The average molecular weight is 237 g/mol. The number of hydrogen-bond acceptors (Lipinski definition) is 3. The van der Waals surface area contributed by atoms with Crippen LogP contribution >= 0.6 is 0 Å². The van der Waals surface area contributed by atoms with Gasteiger partial charge in [-0.2, -0.15) is 0 Å². The Labute approximate surface area is 104 Å². The molecule has 1 aromatic carbocycles. The molecule has 2 N–H and O–H groups in total. The molecule has 96 valence electrons. The Morgan fingerprint density at radius 1 is 1.12 bits per heavy atom. The Kier molecular flexibility index (Phi) is 12.0. The lowest BCUT2D eigenvalue weighted by molar-refractivity contribution is -0.107. The van der Waals surface area contributed by atoms with E-state index in [1.165, 1.54) is 32.4 Å². The van der Waals surface area contributed by atoms with Gasteiger partial charge in [-0.25, -0.2) is 0 Å². The van der Waals surface area contributed by atoms with E-state index in [9.17, 15) is 4.79 Å². The number of aliphatic hydroxyl groups excluding tert-OH is 1. The highest BCUT2D eigenvalue weighted by atomic mass is 16.2. The molecule has 3 nitrogen and oxygen atoms in total. The summed E-state index contributed by atoms with van der Waals surface area (Å²) >= 11 is 0. The smallest absolute Gasteiger partial charge is 0.124 e. The van der Waals surface area contributed by atoms with Crippen LogP contribution < -0.4 is 5.32 Å². The number of nitrogens with one attached hydrogen (secondary N) is 1. The molecule has 1 heterocycles. The number of aliphatic hydroxyl groups is 1. The van der Waals surface area contributed by atoms with E-state index in [1.807, 2.05) is 30.3 Å². The summed E-state index contributed by atoms with van der Waals surface area (Å²) in [4.78, 5) is 9.97. The van der Waals surface area contributed by atoms with Crippen molar-refractivity contribution in [3.05, 3.63) is 35.9 Å². The topological polar surface area (TPSA) is 49.3 Å². The Balaban J connectivity index is 0.000000278.